The first-order valence-electron chi connectivity index (χ1n) is 9.35. The number of piperidine rings is 1. The zero-order valence-corrected chi connectivity index (χ0v) is 18.2. The van der Waals surface area contributed by atoms with Crippen LogP contribution in [-0.2, 0) is 10.0 Å². The van der Waals surface area contributed by atoms with Gasteiger partial charge in [-0.15, -0.1) is 12.4 Å². The Morgan fingerprint density at radius 2 is 1.74 bits per heavy atom. The van der Waals surface area contributed by atoms with Gasteiger partial charge in [-0.1, -0.05) is 20.8 Å². The molecule has 1 heterocycles. The molecule has 154 valence electrons. The number of halogens is 1. The second-order valence-corrected chi connectivity index (χ2v) is 9.40. The molecule has 0 aromatic heterocycles. The highest BCUT2D eigenvalue weighted by atomic mass is 35.5. The standard InChI is InChI=1S/C19H31N3O3S.ClH/c1-5-20-16(4)11-21-19(23)17-6-8-18(9-7-17)26(24,25)22-12-14(2)10-15(3)13-22;/h6-9,14-16,20H,5,10-13H2,1-4H3,(H,21,23);1H/t14?,15?,16-;/m1./s1. The second kappa shape index (κ2) is 10.4. The molecule has 0 aliphatic carbocycles. The van der Waals surface area contributed by atoms with Crippen LogP contribution in [0.2, 0.25) is 0 Å². The Morgan fingerprint density at radius 3 is 2.26 bits per heavy atom. The second-order valence-electron chi connectivity index (χ2n) is 7.46. The molecule has 1 fully saturated rings. The minimum Gasteiger partial charge on any atom is -0.350 e. The van der Waals surface area contributed by atoms with E-state index in [1.807, 2.05) is 13.8 Å². The van der Waals surface area contributed by atoms with Crippen LogP contribution >= 0.6 is 12.4 Å². The summed E-state index contributed by atoms with van der Waals surface area (Å²) in [5.74, 6) is 0.522. The predicted octanol–water partition coefficient (Wildman–Crippen LogP) is 2.50. The maximum absolute atomic E-state index is 12.9. The van der Waals surface area contributed by atoms with Crippen LogP contribution in [0.1, 0.15) is 44.5 Å². The summed E-state index contributed by atoms with van der Waals surface area (Å²) in [6.45, 7) is 10.7. The molecule has 0 radical (unpaired) electrons. The molecule has 0 saturated carbocycles. The lowest BCUT2D eigenvalue weighted by molar-refractivity contribution is 0.0950. The first-order chi connectivity index (χ1) is 12.2. The molecular weight excluding hydrogens is 386 g/mol. The Morgan fingerprint density at radius 1 is 1.19 bits per heavy atom. The quantitative estimate of drug-likeness (QED) is 0.714. The lowest BCUT2D eigenvalue weighted by Gasteiger charge is -2.34. The molecule has 1 aromatic rings. The number of amides is 1. The summed E-state index contributed by atoms with van der Waals surface area (Å²) in [4.78, 5) is 12.4. The maximum Gasteiger partial charge on any atom is 0.251 e. The average Bonchev–Trinajstić information content (AvgIpc) is 2.59. The molecule has 1 aliphatic heterocycles. The van der Waals surface area contributed by atoms with E-state index in [2.05, 4.69) is 24.5 Å². The highest BCUT2D eigenvalue weighted by molar-refractivity contribution is 7.89. The van der Waals surface area contributed by atoms with Gasteiger partial charge in [-0.05, 0) is 56.0 Å². The Kier molecular flexibility index (Phi) is 9.21. The summed E-state index contributed by atoms with van der Waals surface area (Å²) in [6.07, 6.45) is 1.05. The minimum atomic E-state index is -3.51. The number of rotatable bonds is 7. The Labute approximate surface area is 169 Å². The van der Waals surface area contributed by atoms with E-state index in [0.29, 0.717) is 37.0 Å². The summed E-state index contributed by atoms with van der Waals surface area (Å²) < 4.78 is 27.3. The van der Waals surface area contributed by atoms with Gasteiger partial charge in [0.15, 0.2) is 0 Å². The first-order valence-corrected chi connectivity index (χ1v) is 10.8. The molecular formula is C19H32ClN3O3S. The monoisotopic (exact) mass is 417 g/mol. The van der Waals surface area contributed by atoms with Crippen molar-refractivity contribution in [2.24, 2.45) is 11.8 Å². The third-order valence-corrected chi connectivity index (χ3v) is 6.56. The van der Waals surface area contributed by atoms with Gasteiger partial charge in [-0.25, -0.2) is 8.42 Å². The molecule has 1 amide bonds. The zero-order valence-electron chi connectivity index (χ0n) is 16.6. The molecule has 2 unspecified atom stereocenters. The van der Waals surface area contributed by atoms with Crippen LogP contribution in [0.15, 0.2) is 29.2 Å². The summed E-state index contributed by atoms with van der Waals surface area (Å²) >= 11 is 0. The first kappa shape index (κ1) is 23.9. The van der Waals surface area contributed by atoms with E-state index in [1.165, 1.54) is 12.1 Å². The molecule has 1 aromatic carbocycles. The molecule has 2 N–H and O–H groups in total. The molecule has 6 nitrogen and oxygen atoms in total. The van der Waals surface area contributed by atoms with Crippen molar-refractivity contribution in [3.05, 3.63) is 29.8 Å². The lowest BCUT2D eigenvalue weighted by atomic mass is 9.94. The van der Waals surface area contributed by atoms with Crippen LogP contribution in [0.5, 0.6) is 0 Å². The van der Waals surface area contributed by atoms with Gasteiger partial charge in [0.05, 0.1) is 4.90 Å². The van der Waals surface area contributed by atoms with Crippen molar-refractivity contribution in [1.82, 2.24) is 14.9 Å². The topological polar surface area (TPSA) is 78.5 Å². The van der Waals surface area contributed by atoms with Gasteiger partial charge in [0.2, 0.25) is 10.0 Å². The van der Waals surface area contributed by atoms with E-state index in [1.54, 1.807) is 16.4 Å². The van der Waals surface area contributed by atoms with Crippen LogP contribution < -0.4 is 10.6 Å². The number of hydrogen-bond acceptors (Lipinski definition) is 4. The molecule has 1 aliphatic rings. The molecule has 3 atom stereocenters. The number of nitrogens with zero attached hydrogens (tertiary/aromatic N) is 1. The molecule has 1 saturated heterocycles. The smallest absolute Gasteiger partial charge is 0.251 e. The maximum atomic E-state index is 12.9. The molecule has 2 rings (SSSR count). The number of nitrogens with one attached hydrogen (secondary N) is 2. The number of benzene rings is 1. The number of sulfonamides is 1. The van der Waals surface area contributed by atoms with E-state index in [-0.39, 0.29) is 29.3 Å². The summed E-state index contributed by atoms with van der Waals surface area (Å²) in [7, 11) is -3.51. The van der Waals surface area contributed by atoms with Gasteiger partial charge >= 0.3 is 0 Å². The van der Waals surface area contributed by atoms with Crippen molar-refractivity contribution in [2.45, 2.75) is 45.1 Å². The molecule has 0 bridgehead atoms. The van der Waals surface area contributed by atoms with Crippen molar-refractivity contribution in [3.8, 4) is 0 Å². The third kappa shape index (κ3) is 6.45. The number of hydrogen-bond donors (Lipinski definition) is 2. The van der Waals surface area contributed by atoms with Crippen molar-refractivity contribution >= 4 is 28.3 Å². The largest absolute Gasteiger partial charge is 0.350 e. The lowest BCUT2D eigenvalue weighted by Crippen LogP contribution is -2.42. The molecule has 8 heteroatoms. The van der Waals surface area contributed by atoms with Crippen molar-refractivity contribution < 1.29 is 13.2 Å². The highest BCUT2D eigenvalue weighted by Crippen LogP contribution is 2.26. The Bertz CT molecular complexity index is 699. The van der Waals surface area contributed by atoms with Gasteiger partial charge in [0, 0.05) is 31.2 Å². The fourth-order valence-electron chi connectivity index (χ4n) is 3.50. The van der Waals surface area contributed by atoms with Gasteiger partial charge < -0.3 is 10.6 Å². The number of carbonyl (C=O) groups excluding carboxylic acids is 1. The van der Waals surface area contributed by atoms with Crippen molar-refractivity contribution in [2.75, 3.05) is 26.2 Å². The molecule has 0 spiro atoms. The van der Waals surface area contributed by atoms with Crippen molar-refractivity contribution in [3.63, 3.8) is 0 Å². The van der Waals surface area contributed by atoms with Crippen LogP contribution in [0, 0.1) is 11.8 Å². The van der Waals surface area contributed by atoms with Gasteiger partial charge in [-0.3, -0.25) is 4.79 Å². The van der Waals surface area contributed by atoms with Gasteiger partial charge in [-0.2, -0.15) is 4.31 Å². The van der Waals surface area contributed by atoms with Gasteiger partial charge in [0.25, 0.3) is 5.91 Å². The fourth-order valence-corrected chi connectivity index (χ4v) is 5.18. The van der Waals surface area contributed by atoms with Crippen LogP contribution in [-0.4, -0.2) is 50.9 Å². The highest BCUT2D eigenvalue weighted by Gasteiger charge is 2.31. The Balaban J connectivity index is 0.00000364. The SMILES string of the molecule is CCN[C@H](C)CNC(=O)c1ccc(S(=O)(=O)N2CC(C)CC(C)C2)cc1.Cl. The van der Waals surface area contributed by atoms with E-state index < -0.39 is 10.0 Å². The number of likely N-dealkylation sites (N-methyl/N-ethyl adjacent to an activating group) is 1. The third-order valence-electron chi connectivity index (χ3n) is 4.71. The Hall–Kier alpha value is -1.15. The van der Waals surface area contributed by atoms with E-state index in [0.717, 1.165) is 13.0 Å². The fraction of sp³-hybridized carbons (Fsp3) is 0.632. The minimum absolute atomic E-state index is 0. The average molecular weight is 418 g/mol. The molecule has 27 heavy (non-hydrogen) atoms. The summed E-state index contributed by atoms with van der Waals surface area (Å²) in [6, 6.07) is 6.41. The van der Waals surface area contributed by atoms with Crippen molar-refractivity contribution in [1.29, 1.82) is 0 Å². The predicted molar refractivity (Wildman–Crippen MR) is 111 cm³/mol. The van der Waals surface area contributed by atoms with Crippen LogP contribution in [0.4, 0.5) is 0 Å². The van der Waals surface area contributed by atoms with Crippen LogP contribution in [0.25, 0.3) is 0 Å². The normalized spacial score (nSPS) is 21.9. The van der Waals surface area contributed by atoms with Gasteiger partial charge in [0.1, 0.15) is 0 Å². The summed E-state index contributed by atoms with van der Waals surface area (Å²) in [5.41, 5.74) is 0.466. The van der Waals surface area contributed by atoms with Crippen LogP contribution in [0.3, 0.4) is 0 Å². The van der Waals surface area contributed by atoms with E-state index in [9.17, 15) is 13.2 Å². The summed E-state index contributed by atoms with van der Waals surface area (Å²) in [5, 5.41) is 6.08. The van der Waals surface area contributed by atoms with E-state index >= 15 is 0 Å². The number of carbonyl (C=O) groups is 1. The zero-order chi connectivity index (χ0) is 19.3. The van der Waals surface area contributed by atoms with E-state index in [4.69, 9.17) is 0 Å².